The monoisotopic (exact) mass is 230 g/mol. The van der Waals surface area contributed by atoms with E-state index in [0.29, 0.717) is 0 Å². The second-order valence-corrected chi connectivity index (χ2v) is 7.25. The van der Waals surface area contributed by atoms with Gasteiger partial charge in [-0.2, -0.15) is 0 Å². The molecular formula is C11H16ClOP. The van der Waals surface area contributed by atoms with Gasteiger partial charge in [0.05, 0.1) is 0 Å². The standard InChI is InChI=1S/C11H16ClOP/c1-9-5-7-10(8-6-9)13-14(12)11(2,3)4/h5-8H,1-4H3. The van der Waals surface area contributed by atoms with Gasteiger partial charge in [0.25, 0.3) is 0 Å². The molecule has 78 valence electrons. The number of hydrogen-bond acceptors (Lipinski definition) is 1. The zero-order valence-corrected chi connectivity index (χ0v) is 10.7. The molecule has 0 N–H and O–H groups in total. The van der Waals surface area contributed by atoms with Crippen LogP contribution < -0.4 is 4.52 Å². The Morgan fingerprint density at radius 1 is 1.14 bits per heavy atom. The van der Waals surface area contributed by atoms with E-state index < -0.39 is 7.50 Å². The molecule has 1 nitrogen and oxygen atoms in total. The van der Waals surface area contributed by atoms with Crippen molar-refractivity contribution >= 4 is 18.7 Å². The summed E-state index contributed by atoms with van der Waals surface area (Å²) in [6.45, 7) is 8.30. The van der Waals surface area contributed by atoms with Crippen molar-refractivity contribution < 1.29 is 4.52 Å². The van der Waals surface area contributed by atoms with E-state index in [2.05, 4.69) is 27.7 Å². The predicted molar refractivity (Wildman–Crippen MR) is 64.3 cm³/mol. The van der Waals surface area contributed by atoms with Gasteiger partial charge in [0.15, 0.2) is 7.50 Å². The Balaban J connectivity index is 2.65. The highest BCUT2D eigenvalue weighted by atomic mass is 35.7. The molecule has 0 radical (unpaired) electrons. The molecule has 0 aromatic heterocycles. The second-order valence-electron chi connectivity index (χ2n) is 4.32. The molecule has 0 aliphatic carbocycles. The normalized spacial score (nSPS) is 13.8. The molecule has 1 atom stereocenters. The van der Waals surface area contributed by atoms with Crippen LogP contribution in [0.25, 0.3) is 0 Å². The molecule has 1 aromatic rings. The molecule has 14 heavy (non-hydrogen) atoms. The average Bonchev–Trinajstić information content (AvgIpc) is 2.07. The van der Waals surface area contributed by atoms with E-state index in [0.717, 1.165) is 5.75 Å². The van der Waals surface area contributed by atoms with E-state index in [1.807, 2.05) is 24.3 Å². The topological polar surface area (TPSA) is 9.23 Å². The lowest BCUT2D eigenvalue weighted by Crippen LogP contribution is -2.11. The molecule has 0 amide bonds. The fraction of sp³-hybridized carbons (Fsp3) is 0.455. The predicted octanol–water partition coefficient (Wildman–Crippen LogP) is 4.72. The van der Waals surface area contributed by atoms with Crippen LogP contribution >= 0.6 is 18.7 Å². The van der Waals surface area contributed by atoms with Crippen LogP contribution in [0.4, 0.5) is 0 Å². The maximum Gasteiger partial charge on any atom is 0.188 e. The maximum absolute atomic E-state index is 6.17. The van der Waals surface area contributed by atoms with Crippen molar-refractivity contribution in [2.75, 3.05) is 0 Å². The van der Waals surface area contributed by atoms with Crippen LogP contribution in [0.15, 0.2) is 24.3 Å². The highest BCUT2D eigenvalue weighted by Gasteiger charge is 2.25. The summed E-state index contributed by atoms with van der Waals surface area (Å²) in [5.74, 6) is 0.853. The zero-order valence-electron chi connectivity index (χ0n) is 9.04. The van der Waals surface area contributed by atoms with E-state index >= 15 is 0 Å². The lowest BCUT2D eigenvalue weighted by atomic mass is 10.2. The van der Waals surface area contributed by atoms with Gasteiger partial charge in [-0.15, -0.1) is 0 Å². The summed E-state index contributed by atoms with van der Waals surface area (Å²) < 4.78 is 5.66. The Labute approximate surface area is 92.1 Å². The van der Waals surface area contributed by atoms with Crippen LogP contribution in [0.5, 0.6) is 5.75 Å². The van der Waals surface area contributed by atoms with E-state index in [9.17, 15) is 0 Å². The summed E-state index contributed by atoms with van der Waals surface area (Å²) in [7, 11) is -0.935. The summed E-state index contributed by atoms with van der Waals surface area (Å²) in [6.07, 6.45) is 0. The van der Waals surface area contributed by atoms with Crippen molar-refractivity contribution in [3.63, 3.8) is 0 Å². The third-order valence-electron chi connectivity index (χ3n) is 1.73. The first kappa shape index (κ1) is 11.8. The molecule has 0 fully saturated rings. The van der Waals surface area contributed by atoms with Gasteiger partial charge < -0.3 is 4.52 Å². The Bertz CT molecular complexity index is 289. The molecule has 0 heterocycles. The second kappa shape index (κ2) is 4.51. The maximum atomic E-state index is 6.17. The summed E-state index contributed by atoms with van der Waals surface area (Å²) >= 11 is 6.17. The third-order valence-corrected chi connectivity index (χ3v) is 4.89. The fourth-order valence-corrected chi connectivity index (χ4v) is 1.65. The van der Waals surface area contributed by atoms with Gasteiger partial charge >= 0.3 is 0 Å². The largest absolute Gasteiger partial charge is 0.457 e. The minimum atomic E-state index is -0.935. The number of rotatable bonds is 2. The molecular weight excluding hydrogens is 215 g/mol. The first-order valence-corrected chi connectivity index (χ1v) is 6.77. The van der Waals surface area contributed by atoms with Gasteiger partial charge in [-0.05, 0) is 30.3 Å². The Morgan fingerprint density at radius 2 is 1.64 bits per heavy atom. The molecule has 0 aliphatic heterocycles. The summed E-state index contributed by atoms with van der Waals surface area (Å²) in [6, 6.07) is 7.97. The highest BCUT2D eigenvalue weighted by molar-refractivity contribution is 7.81. The number of hydrogen-bond donors (Lipinski definition) is 0. The summed E-state index contributed by atoms with van der Waals surface area (Å²) in [4.78, 5) is 0. The highest BCUT2D eigenvalue weighted by Crippen LogP contribution is 2.54. The minimum Gasteiger partial charge on any atom is -0.457 e. The molecule has 0 saturated heterocycles. The van der Waals surface area contributed by atoms with Crippen molar-refractivity contribution in [2.24, 2.45) is 0 Å². The van der Waals surface area contributed by atoms with Crippen molar-refractivity contribution in [1.29, 1.82) is 0 Å². The van der Waals surface area contributed by atoms with Crippen LogP contribution in [0.1, 0.15) is 26.3 Å². The van der Waals surface area contributed by atoms with Gasteiger partial charge in [-0.3, -0.25) is 0 Å². The molecule has 3 heteroatoms. The van der Waals surface area contributed by atoms with Crippen molar-refractivity contribution in [2.45, 2.75) is 32.9 Å². The van der Waals surface area contributed by atoms with Crippen LogP contribution in [0.2, 0.25) is 0 Å². The minimum absolute atomic E-state index is 0.0156. The number of halogens is 1. The van der Waals surface area contributed by atoms with Crippen LogP contribution in [-0.4, -0.2) is 5.16 Å². The lowest BCUT2D eigenvalue weighted by molar-refractivity contribution is 0.588. The average molecular weight is 231 g/mol. The fourth-order valence-electron chi connectivity index (χ4n) is 0.829. The Morgan fingerprint density at radius 3 is 2.07 bits per heavy atom. The van der Waals surface area contributed by atoms with Gasteiger partial charge in [0.2, 0.25) is 0 Å². The van der Waals surface area contributed by atoms with E-state index in [4.69, 9.17) is 15.8 Å². The molecule has 1 unspecified atom stereocenters. The third kappa shape index (κ3) is 3.48. The zero-order chi connectivity index (χ0) is 10.8. The van der Waals surface area contributed by atoms with E-state index in [1.54, 1.807) is 0 Å². The van der Waals surface area contributed by atoms with E-state index in [1.165, 1.54) is 5.56 Å². The smallest absolute Gasteiger partial charge is 0.188 e. The molecule has 0 bridgehead atoms. The molecule has 0 spiro atoms. The first-order chi connectivity index (χ1) is 6.39. The molecule has 0 saturated carbocycles. The molecule has 1 rings (SSSR count). The lowest BCUT2D eigenvalue weighted by Gasteiger charge is -2.24. The van der Waals surface area contributed by atoms with Crippen LogP contribution in [0.3, 0.4) is 0 Å². The summed E-state index contributed by atoms with van der Waals surface area (Å²) in [5.41, 5.74) is 1.23. The van der Waals surface area contributed by atoms with Gasteiger partial charge in [0.1, 0.15) is 5.75 Å². The van der Waals surface area contributed by atoms with Crippen LogP contribution in [0, 0.1) is 6.92 Å². The molecule has 0 aliphatic rings. The molecule has 1 aromatic carbocycles. The quantitative estimate of drug-likeness (QED) is 0.668. The number of aryl methyl sites for hydroxylation is 1. The van der Waals surface area contributed by atoms with Crippen LogP contribution in [-0.2, 0) is 0 Å². The summed E-state index contributed by atoms with van der Waals surface area (Å²) in [5, 5.41) is 0.0156. The first-order valence-electron chi connectivity index (χ1n) is 4.60. The van der Waals surface area contributed by atoms with Crippen molar-refractivity contribution in [1.82, 2.24) is 0 Å². The Kier molecular flexibility index (Phi) is 3.80. The van der Waals surface area contributed by atoms with Gasteiger partial charge in [-0.1, -0.05) is 38.5 Å². The van der Waals surface area contributed by atoms with Crippen molar-refractivity contribution in [3.05, 3.63) is 29.8 Å². The number of benzene rings is 1. The van der Waals surface area contributed by atoms with Crippen molar-refractivity contribution in [3.8, 4) is 5.75 Å². The van der Waals surface area contributed by atoms with E-state index in [-0.39, 0.29) is 5.16 Å². The SMILES string of the molecule is Cc1ccc(OP(Cl)C(C)(C)C)cc1. The van der Waals surface area contributed by atoms with Gasteiger partial charge in [-0.25, -0.2) is 0 Å². The Hall–Kier alpha value is -0.260. The van der Waals surface area contributed by atoms with Gasteiger partial charge in [0, 0.05) is 5.16 Å².